The van der Waals surface area contributed by atoms with Crippen LogP contribution in [0.15, 0.2) is 36.4 Å². The summed E-state index contributed by atoms with van der Waals surface area (Å²) in [5, 5.41) is 0. The quantitative estimate of drug-likeness (QED) is 0.776. The lowest BCUT2D eigenvalue weighted by molar-refractivity contribution is 0.0574. The van der Waals surface area contributed by atoms with Gasteiger partial charge in [-0.15, -0.1) is 0 Å². The Morgan fingerprint density at radius 1 is 1.03 bits per heavy atom. The van der Waals surface area contributed by atoms with E-state index in [1.807, 2.05) is 0 Å². The Morgan fingerprint density at radius 3 is 2.52 bits per heavy atom. The molecule has 0 aliphatic carbocycles. The van der Waals surface area contributed by atoms with E-state index < -0.39 is 23.1 Å². The maximum Gasteiger partial charge on any atom is 0.260 e. The molecule has 3 fully saturated rings. The van der Waals surface area contributed by atoms with Crippen LogP contribution in [0.25, 0.3) is 0 Å². The lowest BCUT2D eigenvalue weighted by atomic mass is 9.94. The van der Waals surface area contributed by atoms with Gasteiger partial charge in [0, 0.05) is 32.2 Å². The zero-order valence-corrected chi connectivity index (χ0v) is 16.2. The van der Waals surface area contributed by atoms with Gasteiger partial charge >= 0.3 is 0 Å². The van der Waals surface area contributed by atoms with E-state index >= 15 is 0 Å². The fourth-order valence-electron chi connectivity index (χ4n) is 4.44. The first-order valence-electron chi connectivity index (χ1n) is 9.76. The van der Waals surface area contributed by atoms with Gasteiger partial charge in [-0.2, -0.15) is 0 Å². The summed E-state index contributed by atoms with van der Waals surface area (Å²) in [5.74, 6) is -2.65. The van der Waals surface area contributed by atoms with Crippen molar-refractivity contribution in [2.75, 3.05) is 26.7 Å². The zero-order chi connectivity index (χ0) is 20.5. The number of methoxy groups -OCH3 is 1. The molecular weight excluding hydrogens is 381 g/mol. The van der Waals surface area contributed by atoms with Gasteiger partial charge in [0.15, 0.2) is 11.6 Å². The summed E-state index contributed by atoms with van der Waals surface area (Å²) in [6.07, 6.45) is 1.76. The van der Waals surface area contributed by atoms with Crippen molar-refractivity contribution in [2.45, 2.75) is 25.4 Å². The molecule has 154 valence electrons. The van der Waals surface area contributed by atoms with E-state index in [0.717, 1.165) is 31.0 Å². The molecule has 0 radical (unpaired) electrons. The van der Waals surface area contributed by atoms with Gasteiger partial charge in [-0.1, -0.05) is 12.1 Å². The van der Waals surface area contributed by atoms with Crippen molar-refractivity contribution < 1.29 is 22.7 Å². The lowest BCUT2D eigenvalue weighted by Crippen LogP contribution is -2.47. The third-order valence-corrected chi connectivity index (χ3v) is 5.86. The average Bonchev–Trinajstić information content (AvgIpc) is 3.00. The fourth-order valence-corrected chi connectivity index (χ4v) is 4.44. The molecule has 7 heteroatoms. The number of hydrogen-bond donors (Lipinski definition) is 0. The van der Waals surface area contributed by atoms with Gasteiger partial charge in [-0.25, -0.2) is 13.2 Å². The molecule has 0 aromatic heterocycles. The second-order valence-corrected chi connectivity index (χ2v) is 7.81. The standard InChI is InChI=1S/C22H23F3N2O2/c1-29-19-9-8-18(24)20(21(19)25)22(28)27-12-15-4-7-17(27)13-26(11-15)10-14-2-5-16(23)6-3-14/h2-3,5-6,8-9,15,17H,4,7,10-13H2,1H3/t15-,17+/m0/s1. The van der Waals surface area contributed by atoms with Gasteiger partial charge in [0.05, 0.1) is 7.11 Å². The van der Waals surface area contributed by atoms with Crippen LogP contribution in [-0.4, -0.2) is 48.5 Å². The van der Waals surface area contributed by atoms with Crippen molar-refractivity contribution in [3.05, 3.63) is 65.0 Å². The molecule has 3 aliphatic rings. The second-order valence-electron chi connectivity index (χ2n) is 7.81. The number of ether oxygens (including phenoxy) is 1. The summed E-state index contributed by atoms with van der Waals surface area (Å²) in [4.78, 5) is 16.9. The molecule has 2 bridgehead atoms. The summed E-state index contributed by atoms with van der Waals surface area (Å²) in [7, 11) is 1.28. The third-order valence-electron chi connectivity index (χ3n) is 5.86. The second kappa shape index (κ2) is 8.06. The van der Waals surface area contributed by atoms with Crippen LogP contribution < -0.4 is 4.74 Å². The van der Waals surface area contributed by atoms with E-state index in [1.165, 1.54) is 25.3 Å². The highest BCUT2D eigenvalue weighted by Crippen LogP contribution is 2.32. The van der Waals surface area contributed by atoms with E-state index in [4.69, 9.17) is 4.74 Å². The van der Waals surface area contributed by atoms with Crippen LogP contribution in [0.5, 0.6) is 5.75 Å². The molecule has 3 aliphatic heterocycles. The summed E-state index contributed by atoms with van der Waals surface area (Å²) >= 11 is 0. The smallest absolute Gasteiger partial charge is 0.260 e. The van der Waals surface area contributed by atoms with E-state index in [9.17, 15) is 18.0 Å². The number of carbonyl (C=O) groups is 1. The predicted octanol–water partition coefficient (Wildman–Crippen LogP) is 3.85. The van der Waals surface area contributed by atoms with E-state index in [-0.39, 0.29) is 23.5 Å². The number of amides is 1. The average molecular weight is 404 g/mol. The SMILES string of the molecule is COc1ccc(F)c(C(=O)N2C[C@H]3CC[C@@H]2CN(Cc2ccc(F)cc2)C3)c1F. The highest BCUT2D eigenvalue weighted by molar-refractivity contribution is 5.95. The van der Waals surface area contributed by atoms with Gasteiger partial charge in [0.25, 0.3) is 5.91 Å². The zero-order valence-electron chi connectivity index (χ0n) is 16.2. The maximum absolute atomic E-state index is 14.6. The number of hydrogen-bond acceptors (Lipinski definition) is 3. The molecule has 0 spiro atoms. The summed E-state index contributed by atoms with van der Waals surface area (Å²) < 4.78 is 47.0. The molecular formula is C22H23F3N2O2. The molecule has 1 amide bonds. The molecule has 2 atom stereocenters. The molecule has 5 rings (SSSR count). The van der Waals surface area contributed by atoms with E-state index in [1.54, 1.807) is 17.0 Å². The van der Waals surface area contributed by atoms with Gasteiger partial charge < -0.3 is 9.64 Å². The topological polar surface area (TPSA) is 32.8 Å². The Balaban J connectivity index is 1.55. The first-order chi connectivity index (χ1) is 14.0. The minimum absolute atomic E-state index is 0.119. The number of benzene rings is 2. The number of halogens is 3. The first kappa shape index (κ1) is 19.8. The van der Waals surface area contributed by atoms with Crippen LogP contribution in [0.3, 0.4) is 0 Å². The molecule has 4 nitrogen and oxygen atoms in total. The lowest BCUT2D eigenvalue weighted by Gasteiger charge is -2.36. The van der Waals surface area contributed by atoms with E-state index in [2.05, 4.69) is 4.90 Å². The van der Waals surface area contributed by atoms with Crippen LogP contribution in [0.1, 0.15) is 28.8 Å². The van der Waals surface area contributed by atoms with Crippen molar-refractivity contribution in [2.24, 2.45) is 5.92 Å². The minimum Gasteiger partial charge on any atom is -0.494 e. The monoisotopic (exact) mass is 404 g/mol. The van der Waals surface area contributed by atoms with Gasteiger partial charge in [0.1, 0.15) is 17.2 Å². The molecule has 2 aromatic carbocycles. The van der Waals surface area contributed by atoms with Crippen molar-refractivity contribution in [1.29, 1.82) is 0 Å². The van der Waals surface area contributed by atoms with E-state index in [0.29, 0.717) is 19.6 Å². The van der Waals surface area contributed by atoms with Crippen molar-refractivity contribution >= 4 is 5.91 Å². The Labute approximate surface area is 167 Å². The third kappa shape index (κ3) is 3.96. The summed E-state index contributed by atoms with van der Waals surface area (Å²) in [6, 6.07) is 8.51. The Morgan fingerprint density at radius 2 is 1.79 bits per heavy atom. The molecule has 0 unspecified atom stereocenters. The number of nitrogens with zero attached hydrogens (tertiary/aromatic N) is 2. The Hall–Kier alpha value is -2.54. The molecule has 2 aromatic rings. The molecule has 0 N–H and O–H groups in total. The van der Waals surface area contributed by atoms with Gasteiger partial charge in [-0.3, -0.25) is 9.69 Å². The highest BCUT2D eigenvalue weighted by Gasteiger charge is 2.39. The maximum atomic E-state index is 14.6. The van der Waals surface area contributed by atoms with Gasteiger partial charge in [0.2, 0.25) is 0 Å². The van der Waals surface area contributed by atoms with Crippen molar-refractivity contribution in [3.8, 4) is 5.75 Å². The van der Waals surface area contributed by atoms with Crippen LogP contribution in [-0.2, 0) is 6.54 Å². The highest BCUT2D eigenvalue weighted by atomic mass is 19.1. The van der Waals surface area contributed by atoms with Gasteiger partial charge in [-0.05, 0) is 48.6 Å². The number of rotatable bonds is 4. The normalized spacial score (nSPS) is 21.9. The summed E-state index contributed by atoms with van der Waals surface area (Å²) in [5.41, 5.74) is 0.442. The van der Waals surface area contributed by atoms with Crippen LogP contribution in [0.2, 0.25) is 0 Å². The number of piperidine rings is 1. The van der Waals surface area contributed by atoms with Crippen LogP contribution >= 0.6 is 0 Å². The molecule has 0 saturated carbocycles. The molecule has 3 heterocycles. The molecule has 29 heavy (non-hydrogen) atoms. The van der Waals surface area contributed by atoms with Crippen molar-refractivity contribution in [1.82, 2.24) is 9.80 Å². The van der Waals surface area contributed by atoms with Crippen LogP contribution in [0, 0.1) is 23.4 Å². The Bertz CT molecular complexity index is 904. The summed E-state index contributed by atoms with van der Waals surface area (Å²) in [6.45, 7) is 2.53. The van der Waals surface area contributed by atoms with Crippen molar-refractivity contribution in [3.63, 3.8) is 0 Å². The largest absolute Gasteiger partial charge is 0.494 e. The predicted molar refractivity (Wildman–Crippen MR) is 102 cm³/mol. The Kier molecular flexibility index (Phi) is 5.50. The van der Waals surface area contributed by atoms with Crippen LogP contribution in [0.4, 0.5) is 13.2 Å². The number of carbonyl (C=O) groups excluding carboxylic acids is 1. The number of fused-ring (bicyclic) bond motifs is 4. The first-order valence-corrected chi connectivity index (χ1v) is 9.76. The molecule has 3 saturated heterocycles. The fraction of sp³-hybridized carbons (Fsp3) is 0.409. The minimum atomic E-state index is -0.958.